The highest BCUT2D eigenvalue weighted by Crippen LogP contribution is 2.44. The van der Waals surface area contributed by atoms with Crippen LogP contribution in [0.2, 0.25) is 0 Å². The second-order valence-electron chi connectivity index (χ2n) is 36.4. The van der Waals surface area contributed by atoms with Crippen molar-refractivity contribution in [2.75, 3.05) is 33.0 Å². The quantitative estimate of drug-likeness (QED) is 0.00728. The largest absolute Gasteiger partial charge is 0.481 e. The normalized spacial score (nSPS) is 14.4. The summed E-state index contributed by atoms with van der Waals surface area (Å²) < 4.78 is 31.3. The van der Waals surface area contributed by atoms with E-state index < -0.39 is 24.1 Å². The molecule has 6 atom stereocenters. The Morgan fingerprint density at radius 2 is 0.780 bits per heavy atom. The highest BCUT2D eigenvalue weighted by molar-refractivity contribution is 7.95. The van der Waals surface area contributed by atoms with Crippen molar-refractivity contribution in [1.82, 2.24) is 15.1 Å². The molecule has 15 nitrogen and oxygen atoms in total. The molecule has 3 heterocycles. The van der Waals surface area contributed by atoms with Crippen LogP contribution in [0.1, 0.15) is 291 Å². The molecule has 0 spiro atoms. The van der Waals surface area contributed by atoms with Crippen LogP contribution in [0.15, 0.2) is 285 Å². The van der Waals surface area contributed by atoms with Crippen LogP contribution in [-0.2, 0) is 72.0 Å². The molecule has 132 heavy (non-hydrogen) atoms. The number of carboxylic acids is 1. The lowest BCUT2D eigenvalue weighted by atomic mass is 9.98. The van der Waals surface area contributed by atoms with Gasteiger partial charge in [-0.25, -0.2) is 9.59 Å². The number of aldehydes is 1. The molecule has 0 amide bonds. The number of carbonyl (C=O) groups excluding carboxylic acids is 4. The summed E-state index contributed by atoms with van der Waals surface area (Å²) in [7, 11) is 5.31. The summed E-state index contributed by atoms with van der Waals surface area (Å²) in [4.78, 5) is 62.6. The van der Waals surface area contributed by atoms with Crippen molar-refractivity contribution in [3.8, 4) is 0 Å². The van der Waals surface area contributed by atoms with Crippen LogP contribution in [0.5, 0.6) is 0 Å². The Bertz CT molecular complexity index is 4380. The van der Waals surface area contributed by atoms with Crippen molar-refractivity contribution >= 4 is 66.6 Å². The van der Waals surface area contributed by atoms with E-state index >= 15 is 0 Å². The van der Waals surface area contributed by atoms with Crippen molar-refractivity contribution in [2.45, 2.75) is 312 Å². The van der Waals surface area contributed by atoms with Crippen molar-refractivity contribution in [2.24, 2.45) is 0 Å². The number of nitrogens with zero attached hydrogens (tertiary/aromatic N) is 2. The van der Waals surface area contributed by atoms with E-state index in [1.54, 1.807) is 0 Å². The fourth-order valence-corrected chi connectivity index (χ4v) is 18.3. The number of nitrogens with one attached hydrogen (secondary N) is 1. The molecular weight excluding hydrogens is 1660 g/mol. The molecule has 1 unspecified atom stereocenters. The average Bonchev–Trinajstić information content (AvgIpc) is 1.11. The number of hydrogen-bond acceptors (Lipinski definition) is 14. The predicted molar refractivity (Wildman–Crippen MR) is 553 cm³/mol. The van der Waals surface area contributed by atoms with Crippen LogP contribution in [0.3, 0.4) is 0 Å². The summed E-state index contributed by atoms with van der Waals surface area (Å²) in [5.41, 5.74) is 6.27. The first kappa shape index (κ1) is 115. The lowest BCUT2D eigenvalue weighted by Crippen LogP contribution is -2.39. The number of ether oxygens (including phenoxy) is 6. The summed E-state index contributed by atoms with van der Waals surface area (Å²) in [5.74, 6) is 0.450. The zero-order valence-electron chi connectivity index (χ0n) is 82.9. The second kappa shape index (κ2) is 67.6. The van der Waals surface area contributed by atoms with Crippen molar-refractivity contribution in [3.63, 3.8) is 0 Å². The number of hydrogen-bond donors (Lipinski definition) is 2. The fraction of sp³-hybridized carbons (Fsp3) is 0.461. The third-order valence-corrected chi connectivity index (χ3v) is 25.5. The zero-order valence-corrected chi connectivity index (χ0v) is 83.8. The Kier molecular flexibility index (Phi) is 58.7. The molecule has 0 saturated carbocycles. The SMILES string of the molecule is C1CCOC1.C1CCOC1.CC(C)(C)OC(=O)C=P(c1ccccc1)(c1ccccc1)c1ccccc1.CCCC/C=C/C(=O)OC(C)(C)C.CCCCC=O.CCCC[C@H](CC(=O)O)N(Cc1ccccc1)[C@H](C)c1ccccc1.CCCC[C@H](CC(=O)OC(C)(C)C)N(Cc1ccccc1)[C@H](C)c1ccccc1.C[C@@H](NCc1ccccc1)c1ccccc1.[B]C1CCCO1. The molecule has 3 saturated heterocycles. The molecule has 17 heteroatoms. The monoisotopic (exact) mass is 1820 g/mol. The lowest BCUT2D eigenvalue weighted by molar-refractivity contribution is -0.157. The number of allylic oxidation sites excluding steroid dienone is 1. The maximum absolute atomic E-state index is 12.9. The summed E-state index contributed by atoms with van der Waals surface area (Å²) in [6.45, 7) is 37.3. The molecule has 2 N–H and O–H groups in total. The van der Waals surface area contributed by atoms with Gasteiger partial charge in [0.2, 0.25) is 0 Å². The van der Waals surface area contributed by atoms with Gasteiger partial charge in [0.25, 0.3) is 0 Å². The van der Waals surface area contributed by atoms with E-state index in [1.807, 2.05) is 189 Å². The zero-order chi connectivity index (χ0) is 96.5. The molecule has 12 rings (SSSR count). The first-order valence-corrected chi connectivity index (χ1v) is 50.3. The van der Waals surface area contributed by atoms with E-state index in [4.69, 9.17) is 36.3 Å². The van der Waals surface area contributed by atoms with Crippen LogP contribution in [0, 0.1) is 0 Å². The van der Waals surface area contributed by atoms with E-state index in [0.29, 0.717) is 12.5 Å². The van der Waals surface area contributed by atoms with E-state index in [2.05, 4.69) is 221 Å². The molecule has 9 aromatic rings. The highest BCUT2D eigenvalue weighted by atomic mass is 31.2. The third-order valence-electron chi connectivity index (χ3n) is 21.6. The Balaban J connectivity index is 0.000000330. The Labute approximate surface area is 797 Å². The number of carbonyl (C=O) groups is 5. The van der Waals surface area contributed by atoms with Gasteiger partial charge >= 0.3 is 23.9 Å². The van der Waals surface area contributed by atoms with Crippen molar-refractivity contribution < 1.29 is 57.5 Å². The van der Waals surface area contributed by atoms with Crippen LogP contribution >= 0.6 is 6.89 Å². The molecule has 2 radical (unpaired) electrons. The minimum absolute atomic E-state index is 0.0351. The first-order valence-electron chi connectivity index (χ1n) is 48.4. The standard InChI is InChI=1S/C26H37NO2.C24H25O2P.C22H29NO2.C15H17N.C11H20O2.C5H10O.C4H7BO.2C4H8O/c1-6-7-18-24(19-25(28)29-26(3,4)5)27(20-22-14-10-8-11-15-22)21(2)23-16-12-9-13-17-23;1-24(2,3)26-23(25)19-27(20-13-7-4-8-14-20,21-15-9-5-10-16-21)22-17-11-6-12-18-22;1-3-4-15-21(16-22(24)25)23(17-19-11-7-5-8-12-19)18(2)20-13-9-6-10-14-20;1-13(15-10-6-3-7-11-15)16-12-14-8-4-2-5-9-14;1-5-6-7-8-9-10(12)13-11(2,3)4;1-2-3-4-5-6;5-4-2-1-3-6-4;2*1-2-4-5-3-1/h8-17,21,24H,6-7,18-20H2,1-5H3;4-19H,1-3H3;5-14,18,21H,3-4,15-17H2,1-2H3,(H,24,25);2-11,13,16H,12H2,1H3;8-9H,5-7H2,1-4H3;5H,2-4H2,1H3;4H,1-3H2;2*1-4H2/b;;;;9-8+;;;;/t21-,24-;;18-,21-;13-;;;;;/m1.11...../s1. The summed E-state index contributed by atoms with van der Waals surface area (Å²) in [6, 6.07) is 94.6. The molecule has 716 valence electrons. The first-order chi connectivity index (χ1) is 63.5. The van der Waals surface area contributed by atoms with Crippen LogP contribution in [0.4, 0.5) is 0 Å². The van der Waals surface area contributed by atoms with Gasteiger partial charge in [0.05, 0.1) is 12.8 Å². The van der Waals surface area contributed by atoms with Gasteiger partial charge in [-0.3, -0.25) is 19.4 Å². The maximum atomic E-state index is 12.9. The highest BCUT2D eigenvalue weighted by Gasteiger charge is 2.32. The minimum Gasteiger partial charge on any atom is -0.481 e. The third kappa shape index (κ3) is 51.0. The van der Waals surface area contributed by atoms with Crippen LogP contribution in [0.25, 0.3) is 0 Å². The molecule has 0 bridgehead atoms. The van der Waals surface area contributed by atoms with Gasteiger partial charge < -0.3 is 43.6 Å². The minimum atomic E-state index is -2.29. The Hall–Kier alpha value is -9.61. The van der Waals surface area contributed by atoms with Gasteiger partial charge in [0.15, 0.2) is 0 Å². The number of esters is 3. The van der Waals surface area contributed by atoms with Crippen molar-refractivity contribution in [3.05, 3.63) is 319 Å². The summed E-state index contributed by atoms with van der Waals surface area (Å²) in [6.07, 6.45) is 24.6. The number of rotatable bonds is 35. The van der Waals surface area contributed by atoms with E-state index in [9.17, 15) is 29.1 Å². The molecule has 0 aliphatic carbocycles. The Morgan fingerprint density at radius 1 is 0.439 bits per heavy atom. The molecule has 3 fully saturated rings. The van der Waals surface area contributed by atoms with E-state index in [-0.39, 0.29) is 60.1 Å². The number of carboxylic acid groups (broad SMARTS) is 1. The molecule has 3 aliphatic rings. The van der Waals surface area contributed by atoms with Gasteiger partial charge in [0.1, 0.15) is 30.9 Å². The van der Waals surface area contributed by atoms with E-state index in [1.165, 1.54) is 65.1 Å². The maximum Gasteiger partial charge on any atom is 0.332 e. The number of unbranched alkanes of at least 4 members (excludes halogenated alkanes) is 6. The van der Waals surface area contributed by atoms with Crippen LogP contribution < -0.4 is 21.2 Å². The number of aliphatic carboxylic acids is 1. The van der Waals surface area contributed by atoms with Gasteiger partial charge in [-0.1, -0.05) is 352 Å². The number of benzene rings is 9. The van der Waals surface area contributed by atoms with Gasteiger partial charge in [-0.2, -0.15) is 0 Å². The molecule has 3 aliphatic heterocycles. The fourth-order valence-electron chi connectivity index (χ4n) is 14.6. The van der Waals surface area contributed by atoms with Crippen molar-refractivity contribution in [1.29, 1.82) is 0 Å². The predicted octanol–water partition coefficient (Wildman–Crippen LogP) is 25.8. The topological polar surface area (TPSA) is 179 Å². The smallest absolute Gasteiger partial charge is 0.332 e. The molecule has 0 aromatic heterocycles. The van der Waals surface area contributed by atoms with Gasteiger partial charge in [-0.05, 0) is 203 Å². The lowest BCUT2D eigenvalue weighted by Gasteiger charge is -2.37. The second-order valence-corrected chi connectivity index (χ2v) is 39.7. The van der Waals surface area contributed by atoms with Gasteiger partial charge in [0, 0.05) is 107 Å². The Morgan fingerprint density at radius 3 is 1.09 bits per heavy atom. The summed E-state index contributed by atoms with van der Waals surface area (Å²) >= 11 is 0. The molecular formula is C115H161BN3O12P. The van der Waals surface area contributed by atoms with Gasteiger partial charge in [-0.15, -0.1) is 0 Å². The van der Waals surface area contributed by atoms with Crippen LogP contribution in [-0.4, -0.2) is 127 Å². The molecule has 9 aromatic carbocycles. The summed E-state index contributed by atoms with van der Waals surface area (Å²) in [5, 5.41) is 16.3. The van der Waals surface area contributed by atoms with E-state index in [0.717, 1.165) is 165 Å². The average molecular weight is 1820 g/mol.